The Balaban J connectivity index is 1.62. The molecule has 1 aliphatic rings. The van der Waals surface area contributed by atoms with Crippen LogP contribution in [0.15, 0.2) is 12.5 Å². The van der Waals surface area contributed by atoms with Gasteiger partial charge < -0.3 is 20.3 Å². The first-order valence-corrected chi connectivity index (χ1v) is 11.3. The second-order valence-electron chi connectivity index (χ2n) is 9.05. The number of fused-ring (bicyclic) bond motifs is 1. The average molecular weight is 458 g/mol. The largest absolute Gasteiger partial charge is 0.481 e. The molecule has 2 aromatic heterocycles. The minimum absolute atomic E-state index is 0.0317. The molecule has 2 amide bonds. The van der Waals surface area contributed by atoms with Crippen LogP contribution in [0.4, 0.5) is 10.8 Å². The predicted octanol–water partition coefficient (Wildman–Crippen LogP) is 3.41. The normalized spacial score (nSPS) is 15.5. The first-order chi connectivity index (χ1) is 15.1. The quantitative estimate of drug-likeness (QED) is 0.583. The lowest BCUT2D eigenvalue weighted by molar-refractivity contribution is -0.138. The third kappa shape index (κ3) is 5.73. The summed E-state index contributed by atoms with van der Waals surface area (Å²) in [5.74, 6) is -1.03. The number of amides is 2. The minimum Gasteiger partial charge on any atom is -0.481 e. The number of hydrogen-bond acceptors (Lipinski definition) is 6. The molecular weight excluding hydrogens is 430 g/mol. The smallest absolute Gasteiger partial charge is 0.303 e. The molecule has 0 radical (unpaired) electrons. The highest BCUT2D eigenvalue weighted by Gasteiger charge is 2.32. The number of carbonyl (C=O) groups excluding carboxylic acids is 2. The highest BCUT2D eigenvalue weighted by Crippen LogP contribution is 2.43. The molecule has 2 aromatic rings. The molecule has 0 spiro atoms. The third-order valence-corrected chi connectivity index (χ3v) is 6.82. The molecule has 9 nitrogen and oxygen atoms in total. The summed E-state index contributed by atoms with van der Waals surface area (Å²) in [6.45, 7) is 6.67. The summed E-state index contributed by atoms with van der Waals surface area (Å²) in [4.78, 5) is 40.0. The lowest BCUT2D eigenvalue weighted by atomic mass is 9.72. The Kier molecular flexibility index (Phi) is 6.99. The van der Waals surface area contributed by atoms with Crippen molar-refractivity contribution in [3.63, 3.8) is 0 Å². The molecule has 0 aliphatic heterocycles. The van der Waals surface area contributed by atoms with Crippen molar-refractivity contribution in [1.29, 1.82) is 5.26 Å². The second-order valence-corrected chi connectivity index (χ2v) is 10.2. The van der Waals surface area contributed by atoms with E-state index in [1.807, 2.05) is 0 Å². The fourth-order valence-corrected chi connectivity index (χ4v) is 5.09. The lowest BCUT2D eigenvalue weighted by Crippen LogP contribution is -2.26. The van der Waals surface area contributed by atoms with Crippen LogP contribution in [0, 0.1) is 22.7 Å². The van der Waals surface area contributed by atoms with E-state index in [9.17, 15) is 19.6 Å². The lowest BCUT2D eigenvalue weighted by Gasteiger charge is -2.33. The van der Waals surface area contributed by atoms with E-state index in [1.165, 1.54) is 33.3 Å². The summed E-state index contributed by atoms with van der Waals surface area (Å²) in [5, 5.41) is 24.2. The highest BCUT2D eigenvalue weighted by molar-refractivity contribution is 7.16. The molecule has 0 fully saturated rings. The van der Waals surface area contributed by atoms with E-state index < -0.39 is 11.9 Å². The van der Waals surface area contributed by atoms with Gasteiger partial charge in [0.15, 0.2) is 5.82 Å². The van der Waals surface area contributed by atoms with Crippen LogP contribution in [0.25, 0.3) is 0 Å². The number of aromatic nitrogens is 2. The van der Waals surface area contributed by atoms with Gasteiger partial charge in [0.05, 0.1) is 18.3 Å². The SMILES string of the molecule is CC(C)(C)C1CCc2c(sc(NC(=O)Cn3cnc(NC(=O)CCC(=O)O)c3)c2C#N)C1. The third-order valence-electron chi connectivity index (χ3n) is 5.65. The molecule has 1 aliphatic carbocycles. The Hall–Kier alpha value is -3.19. The fourth-order valence-electron chi connectivity index (χ4n) is 3.80. The topological polar surface area (TPSA) is 137 Å². The number of nitrogens with zero attached hydrogens (tertiary/aromatic N) is 3. The summed E-state index contributed by atoms with van der Waals surface area (Å²) in [7, 11) is 0. The van der Waals surface area contributed by atoms with Crippen molar-refractivity contribution in [1.82, 2.24) is 9.55 Å². The number of aliphatic carboxylic acids is 1. The first-order valence-electron chi connectivity index (χ1n) is 10.4. The molecule has 1 unspecified atom stereocenters. The number of carboxylic acids is 1. The van der Waals surface area contributed by atoms with E-state index in [0.29, 0.717) is 16.5 Å². The van der Waals surface area contributed by atoms with Crippen molar-refractivity contribution in [3.05, 3.63) is 28.5 Å². The van der Waals surface area contributed by atoms with Crippen LogP contribution >= 0.6 is 11.3 Å². The summed E-state index contributed by atoms with van der Waals surface area (Å²) in [5.41, 5.74) is 1.81. The Labute approximate surface area is 190 Å². The summed E-state index contributed by atoms with van der Waals surface area (Å²) >= 11 is 1.48. The van der Waals surface area contributed by atoms with Crippen molar-refractivity contribution in [2.24, 2.45) is 11.3 Å². The van der Waals surface area contributed by atoms with Gasteiger partial charge in [-0.15, -0.1) is 11.3 Å². The standard InChI is InChI=1S/C22H27N5O4S/c1-22(2,3)13-4-5-14-15(9-23)21(32-16(14)8-13)26-19(29)11-27-10-17(24-12-27)25-18(28)6-7-20(30)31/h10,12-13H,4-8,11H2,1-3H3,(H,25,28)(H,26,29)(H,30,31). The van der Waals surface area contributed by atoms with E-state index in [-0.39, 0.29) is 36.5 Å². The predicted molar refractivity (Wildman–Crippen MR) is 120 cm³/mol. The van der Waals surface area contributed by atoms with Gasteiger partial charge in [0.1, 0.15) is 17.6 Å². The summed E-state index contributed by atoms with van der Waals surface area (Å²) in [6, 6.07) is 2.26. The van der Waals surface area contributed by atoms with E-state index in [4.69, 9.17) is 5.11 Å². The molecule has 3 N–H and O–H groups in total. The molecule has 3 rings (SSSR count). The van der Waals surface area contributed by atoms with E-state index >= 15 is 0 Å². The molecule has 10 heteroatoms. The maximum atomic E-state index is 12.6. The molecule has 0 bridgehead atoms. The zero-order valence-corrected chi connectivity index (χ0v) is 19.2. The van der Waals surface area contributed by atoms with Gasteiger partial charge in [-0.2, -0.15) is 5.26 Å². The molecule has 32 heavy (non-hydrogen) atoms. The maximum absolute atomic E-state index is 12.6. The molecule has 0 saturated carbocycles. The van der Waals surface area contributed by atoms with Gasteiger partial charge in [0, 0.05) is 17.5 Å². The van der Waals surface area contributed by atoms with Crippen LogP contribution in [0.2, 0.25) is 0 Å². The highest BCUT2D eigenvalue weighted by atomic mass is 32.1. The van der Waals surface area contributed by atoms with E-state index in [2.05, 4.69) is 42.5 Å². The van der Waals surface area contributed by atoms with Crippen LogP contribution in [-0.4, -0.2) is 32.4 Å². The van der Waals surface area contributed by atoms with Crippen LogP contribution < -0.4 is 10.6 Å². The molecular formula is C22H27N5O4S. The van der Waals surface area contributed by atoms with Crippen LogP contribution in [0.1, 0.15) is 56.0 Å². The maximum Gasteiger partial charge on any atom is 0.303 e. The van der Waals surface area contributed by atoms with Gasteiger partial charge >= 0.3 is 5.97 Å². The minimum atomic E-state index is -1.05. The number of carbonyl (C=O) groups is 3. The first kappa shape index (κ1) is 23.5. The van der Waals surface area contributed by atoms with Crippen molar-refractivity contribution < 1.29 is 19.5 Å². The number of thiophene rings is 1. The monoisotopic (exact) mass is 457 g/mol. The van der Waals surface area contributed by atoms with Crippen LogP contribution in [-0.2, 0) is 33.8 Å². The number of imidazole rings is 1. The number of hydrogen-bond donors (Lipinski definition) is 3. The van der Waals surface area contributed by atoms with Crippen molar-refractivity contribution in [3.8, 4) is 6.07 Å². The number of nitriles is 1. The molecule has 2 heterocycles. The van der Waals surface area contributed by atoms with Gasteiger partial charge in [0.2, 0.25) is 11.8 Å². The van der Waals surface area contributed by atoms with Crippen molar-refractivity contribution >= 4 is 39.9 Å². The zero-order valence-electron chi connectivity index (χ0n) is 18.4. The number of nitrogens with one attached hydrogen (secondary N) is 2. The Morgan fingerprint density at radius 2 is 2.03 bits per heavy atom. The van der Waals surface area contributed by atoms with E-state index in [1.54, 1.807) is 0 Å². The summed E-state index contributed by atoms with van der Waals surface area (Å²) in [6.07, 6.45) is 5.28. The van der Waals surface area contributed by atoms with E-state index in [0.717, 1.165) is 24.8 Å². The average Bonchev–Trinajstić information content (AvgIpc) is 3.28. The number of rotatable bonds is 7. The molecule has 170 valence electrons. The van der Waals surface area contributed by atoms with Crippen molar-refractivity contribution in [2.45, 2.75) is 59.4 Å². The Morgan fingerprint density at radius 3 is 2.69 bits per heavy atom. The number of carboxylic acid groups (broad SMARTS) is 1. The zero-order chi connectivity index (χ0) is 23.5. The molecule has 1 atom stereocenters. The van der Waals surface area contributed by atoms with Crippen LogP contribution in [0.5, 0.6) is 0 Å². The van der Waals surface area contributed by atoms with Gasteiger partial charge in [0.25, 0.3) is 0 Å². The second kappa shape index (κ2) is 9.53. The molecule has 0 saturated heterocycles. The van der Waals surface area contributed by atoms with Gasteiger partial charge in [-0.1, -0.05) is 20.8 Å². The molecule has 0 aromatic carbocycles. The Bertz CT molecular complexity index is 1070. The van der Waals surface area contributed by atoms with Gasteiger partial charge in [-0.25, -0.2) is 4.98 Å². The fraction of sp³-hybridized carbons (Fsp3) is 0.500. The van der Waals surface area contributed by atoms with Crippen LogP contribution in [0.3, 0.4) is 0 Å². The Morgan fingerprint density at radius 1 is 1.28 bits per heavy atom. The summed E-state index contributed by atoms with van der Waals surface area (Å²) < 4.78 is 1.51. The van der Waals surface area contributed by atoms with Gasteiger partial charge in [-0.3, -0.25) is 14.4 Å². The van der Waals surface area contributed by atoms with Gasteiger partial charge in [-0.05, 0) is 36.2 Å². The number of anilines is 2. The van der Waals surface area contributed by atoms with Crippen molar-refractivity contribution in [2.75, 3.05) is 10.6 Å².